The second-order valence-corrected chi connectivity index (χ2v) is 10.5. The molecule has 0 spiro atoms. The number of hydrogen-bond acceptors (Lipinski definition) is 10. The molecule has 1 aromatic heterocycles. The highest BCUT2D eigenvalue weighted by molar-refractivity contribution is 6.31. The van der Waals surface area contributed by atoms with E-state index in [0.717, 1.165) is 0 Å². The summed E-state index contributed by atoms with van der Waals surface area (Å²) in [4.78, 5) is 44.6. The molecule has 0 bridgehead atoms. The summed E-state index contributed by atoms with van der Waals surface area (Å²) < 4.78 is 0. The van der Waals surface area contributed by atoms with Crippen LogP contribution in [-0.4, -0.2) is 80.1 Å². The molecule has 1 aromatic rings. The number of rotatable bonds is 5. The molecule has 11 nitrogen and oxygen atoms in total. The van der Waals surface area contributed by atoms with Gasteiger partial charge in [0.05, 0.1) is 11.6 Å². The zero-order chi connectivity index (χ0) is 26.9. The molecule has 3 aliphatic carbocycles. The van der Waals surface area contributed by atoms with Gasteiger partial charge in [-0.3, -0.25) is 19.3 Å². The summed E-state index contributed by atoms with van der Waals surface area (Å²) in [5.74, 6) is -6.95. The van der Waals surface area contributed by atoms with Crippen molar-refractivity contribution >= 4 is 40.7 Å². The lowest BCUT2D eigenvalue weighted by atomic mass is 9.57. The molecule has 1 saturated carbocycles. The summed E-state index contributed by atoms with van der Waals surface area (Å²) in [5.41, 5.74) is 1.75. The molecule has 194 valence electrons. The number of amides is 1. The number of halogens is 1. The zero-order valence-electron chi connectivity index (χ0n) is 20.3. The summed E-state index contributed by atoms with van der Waals surface area (Å²) in [6, 6.07) is -1.15. The fraction of sp³-hybridized carbons (Fsp3) is 0.500. The largest absolute Gasteiger partial charge is 0.508 e. The zero-order valence-corrected chi connectivity index (χ0v) is 21.0. The molecule has 0 aromatic carbocycles. The molecule has 36 heavy (non-hydrogen) atoms. The highest BCUT2D eigenvalue weighted by Crippen LogP contribution is 2.53. The number of fused-ring (bicyclic) bond motifs is 3. The highest BCUT2D eigenvalue weighted by atomic mass is 35.5. The van der Waals surface area contributed by atoms with Gasteiger partial charge in [-0.15, -0.1) is 0 Å². The predicted molar refractivity (Wildman–Crippen MR) is 130 cm³/mol. The number of carbonyl (C=O) groups is 3. The number of aliphatic hydroxyl groups excluding tert-OH is 2. The number of Topliss-reactive ketones (excluding diaryl/α,β-unsaturated/α-hetero) is 2. The monoisotopic (exact) mass is 520 g/mol. The van der Waals surface area contributed by atoms with E-state index in [-0.39, 0.29) is 40.9 Å². The number of anilines is 1. The van der Waals surface area contributed by atoms with Crippen LogP contribution in [0.15, 0.2) is 16.9 Å². The Morgan fingerprint density at radius 1 is 1.28 bits per heavy atom. The van der Waals surface area contributed by atoms with Gasteiger partial charge in [0.25, 0.3) is 5.91 Å². The minimum Gasteiger partial charge on any atom is -0.508 e. The van der Waals surface area contributed by atoms with Gasteiger partial charge in [-0.05, 0) is 38.8 Å². The molecule has 1 heterocycles. The molecule has 4 atom stereocenters. The topological polar surface area (TPSA) is 186 Å². The maximum atomic E-state index is 13.8. The average molecular weight is 521 g/mol. The highest BCUT2D eigenvalue weighted by Gasteiger charge is 2.64. The smallest absolute Gasteiger partial charge is 0.255 e. The Hall–Kier alpha value is -3.15. The Morgan fingerprint density at radius 3 is 2.47 bits per heavy atom. The number of aromatic nitrogens is 1. The minimum atomic E-state index is -2.68. The van der Waals surface area contributed by atoms with Crippen LogP contribution in [0.25, 0.3) is 5.76 Å². The van der Waals surface area contributed by atoms with Crippen LogP contribution in [0, 0.1) is 17.8 Å². The molecule has 1 amide bonds. The standard InChI is InChI=1S/C24H29ClN4O7/c1-8(2)7-27-23-18(32)13-10(21(25)28-23)5-9-6-11-15(29(3)4)17(31)14(22(26)35)20(34)24(11,36)19(33)12(9)16(13)30/h8-9,11,15,30,32,34,36H,5-7H2,1-4H3,(H2,26,35)(H,27,28)/t9-,11-,15-,24-/m0/s1. The third kappa shape index (κ3) is 3.56. The minimum absolute atomic E-state index is 0.0177. The Kier molecular flexibility index (Phi) is 6.30. The van der Waals surface area contributed by atoms with Crippen LogP contribution in [0.4, 0.5) is 5.82 Å². The van der Waals surface area contributed by atoms with Gasteiger partial charge in [-0.25, -0.2) is 4.98 Å². The Bertz CT molecular complexity index is 1260. The first-order chi connectivity index (χ1) is 16.7. The van der Waals surface area contributed by atoms with Crippen molar-refractivity contribution in [3.63, 3.8) is 0 Å². The number of pyridine rings is 1. The fourth-order valence-electron chi connectivity index (χ4n) is 5.58. The maximum Gasteiger partial charge on any atom is 0.255 e. The second-order valence-electron chi connectivity index (χ2n) is 10.2. The Balaban J connectivity index is 1.93. The number of likely N-dealkylation sites (N-methyl/N-ethyl adjacent to an activating group) is 1. The third-order valence-corrected chi connectivity index (χ3v) is 7.53. The lowest BCUT2D eigenvalue weighted by Crippen LogP contribution is -2.65. The number of ketones is 2. The average Bonchev–Trinajstić information content (AvgIpc) is 2.77. The number of nitrogens with two attached hydrogens (primary N) is 1. The fourth-order valence-corrected chi connectivity index (χ4v) is 5.84. The first kappa shape index (κ1) is 25.9. The number of nitrogens with zero attached hydrogens (tertiary/aromatic N) is 2. The Labute approximate surface area is 212 Å². The van der Waals surface area contributed by atoms with Gasteiger partial charge in [0.1, 0.15) is 22.2 Å². The lowest BCUT2D eigenvalue weighted by molar-refractivity contribution is -0.153. The van der Waals surface area contributed by atoms with Gasteiger partial charge in [-0.1, -0.05) is 25.4 Å². The number of carbonyl (C=O) groups excluding carboxylic acids is 3. The molecule has 7 N–H and O–H groups in total. The lowest BCUT2D eigenvalue weighted by Gasteiger charge is -2.50. The van der Waals surface area contributed by atoms with Crippen molar-refractivity contribution in [3.8, 4) is 5.75 Å². The van der Waals surface area contributed by atoms with Crippen LogP contribution in [0.2, 0.25) is 5.15 Å². The molecule has 0 saturated heterocycles. The van der Waals surface area contributed by atoms with E-state index in [1.165, 1.54) is 19.0 Å². The molecule has 4 rings (SSSR count). The van der Waals surface area contributed by atoms with Crippen LogP contribution in [0.5, 0.6) is 5.75 Å². The third-order valence-electron chi connectivity index (χ3n) is 7.21. The summed E-state index contributed by atoms with van der Waals surface area (Å²) in [6.45, 7) is 4.34. The van der Waals surface area contributed by atoms with Crippen LogP contribution in [0.3, 0.4) is 0 Å². The number of hydrogen-bond donors (Lipinski definition) is 6. The van der Waals surface area contributed by atoms with Crippen LogP contribution >= 0.6 is 11.6 Å². The van der Waals surface area contributed by atoms with Crippen molar-refractivity contribution in [2.45, 2.75) is 38.3 Å². The van der Waals surface area contributed by atoms with E-state index in [1.807, 2.05) is 13.8 Å². The molecule has 3 aliphatic rings. The van der Waals surface area contributed by atoms with Crippen molar-refractivity contribution in [2.24, 2.45) is 23.5 Å². The number of aromatic hydroxyl groups is 1. The first-order valence-electron chi connectivity index (χ1n) is 11.5. The summed E-state index contributed by atoms with van der Waals surface area (Å²) in [6.07, 6.45) is 0.0641. The molecular weight excluding hydrogens is 492 g/mol. The van der Waals surface area contributed by atoms with Gasteiger partial charge in [0.2, 0.25) is 5.78 Å². The molecule has 0 aliphatic heterocycles. The van der Waals surface area contributed by atoms with Crippen LogP contribution < -0.4 is 11.1 Å². The van der Waals surface area contributed by atoms with Crippen LogP contribution in [-0.2, 0) is 20.8 Å². The molecule has 0 unspecified atom stereocenters. The van der Waals surface area contributed by atoms with Gasteiger partial charge in [0.15, 0.2) is 23.0 Å². The number of nitrogens with one attached hydrogen (secondary N) is 1. The number of aliphatic hydroxyl groups is 3. The quantitative estimate of drug-likeness (QED) is 0.242. The van der Waals surface area contributed by atoms with E-state index >= 15 is 0 Å². The SMILES string of the molecule is CC(C)CNc1nc(Cl)c2c(c1O)C(O)=C1C(=O)[C@]3(O)C(O)=C(C(N)=O)C(=O)[C@@H](N(C)C)[C@@H]3C[C@@H]1C2. The van der Waals surface area contributed by atoms with E-state index < -0.39 is 63.8 Å². The second kappa shape index (κ2) is 8.75. The summed E-state index contributed by atoms with van der Waals surface area (Å²) in [5, 5.41) is 47.6. The van der Waals surface area contributed by atoms with Crippen molar-refractivity contribution in [3.05, 3.63) is 33.2 Å². The van der Waals surface area contributed by atoms with Crippen LogP contribution in [0.1, 0.15) is 31.4 Å². The van der Waals surface area contributed by atoms with E-state index in [1.54, 1.807) is 0 Å². The van der Waals surface area contributed by atoms with Crippen molar-refractivity contribution in [1.29, 1.82) is 0 Å². The van der Waals surface area contributed by atoms with Crippen molar-refractivity contribution in [1.82, 2.24) is 9.88 Å². The molecule has 0 radical (unpaired) electrons. The summed E-state index contributed by atoms with van der Waals surface area (Å²) in [7, 11) is 3.08. The van der Waals surface area contributed by atoms with Gasteiger partial charge >= 0.3 is 0 Å². The molecular formula is C24H29ClN4O7. The van der Waals surface area contributed by atoms with E-state index in [9.17, 15) is 34.8 Å². The summed E-state index contributed by atoms with van der Waals surface area (Å²) >= 11 is 6.42. The Morgan fingerprint density at radius 2 is 1.92 bits per heavy atom. The first-order valence-corrected chi connectivity index (χ1v) is 11.9. The van der Waals surface area contributed by atoms with E-state index in [0.29, 0.717) is 12.1 Å². The number of primary amides is 1. The predicted octanol–water partition coefficient (Wildman–Crippen LogP) is 1.08. The van der Waals surface area contributed by atoms with Crippen molar-refractivity contribution < 1.29 is 34.8 Å². The van der Waals surface area contributed by atoms with E-state index in [4.69, 9.17) is 17.3 Å². The molecule has 12 heteroatoms. The van der Waals surface area contributed by atoms with Crippen molar-refractivity contribution in [2.75, 3.05) is 26.0 Å². The van der Waals surface area contributed by atoms with Gasteiger partial charge in [-0.2, -0.15) is 0 Å². The molecule has 1 fully saturated rings. The van der Waals surface area contributed by atoms with Gasteiger partial charge in [0, 0.05) is 23.6 Å². The van der Waals surface area contributed by atoms with E-state index in [2.05, 4.69) is 10.3 Å². The van der Waals surface area contributed by atoms with Gasteiger partial charge < -0.3 is 31.5 Å². The normalized spacial score (nSPS) is 27.8. The maximum absolute atomic E-state index is 13.8.